The molecule has 0 aromatic heterocycles. The van der Waals surface area contributed by atoms with Gasteiger partial charge in [0.2, 0.25) is 0 Å². The van der Waals surface area contributed by atoms with E-state index in [4.69, 9.17) is 0 Å². The number of carbonyl (C=O) groups is 1. The van der Waals surface area contributed by atoms with Crippen LogP contribution in [0.15, 0.2) is 18.2 Å². The summed E-state index contributed by atoms with van der Waals surface area (Å²) < 4.78 is 0. The number of carbonyl (C=O) groups excluding carboxylic acids is 1. The van der Waals surface area contributed by atoms with E-state index in [-0.39, 0.29) is 5.91 Å². The molecule has 0 bridgehead atoms. The van der Waals surface area contributed by atoms with Crippen LogP contribution in [-0.2, 0) is 6.42 Å². The summed E-state index contributed by atoms with van der Waals surface area (Å²) in [6, 6.07) is 6.03. The van der Waals surface area contributed by atoms with Crippen molar-refractivity contribution in [2.75, 3.05) is 18.4 Å². The predicted molar refractivity (Wildman–Crippen MR) is 82.2 cm³/mol. The minimum absolute atomic E-state index is 0.0755. The molecule has 0 unspecified atom stereocenters. The Bertz CT molecular complexity index is 504. The van der Waals surface area contributed by atoms with Crippen molar-refractivity contribution >= 4 is 11.6 Å². The maximum Gasteiger partial charge on any atom is 0.251 e. The van der Waals surface area contributed by atoms with Gasteiger partial charge in [-0.15, -0.1) is 0 Å². The highest BCUT2D eigenvalue weighted by Gasteiger charge is 2.29. The monoisotopic (exact) mass is 272 g/mol. The van der Waals surface area contributed by atoms with Crippen LogP contribution in [0, 0.1) is 5.41 Å². The number of aryl methyl sites for hydroxylation is 1. The first kappa shape index (κ1) is 13.5. The Hall–Kier alpha value is -1.51. The van der Waals surface area contributed by atoms with E-state index < -0.39 is 0 Å². The summed E-state index contributed by atoms with van der Waals surface area (Å²) in [7, 11) is 0. The molecular formula is C17H24N2O. The lowest BCUT2D eigenvalue weighted by Gasteiger charge is -2.24. The van der Waals surface area contributed by atoms with Gasteiger partial charge in [-0.25, -0.2) is 0 Å². The molecule has 1 fully saturated rings. The molecule has 0 atom stereocenters. The highest BCUT2D eigenvalue weighted by molar-refractivity contribution is 5.95. The van der Waals surface area contributed by atoms with Crippen molar-refractivity contribution in [2.24, 2.45) is 5.41 Å². The number of hydrogen-bond donors (Lipinski definition) is 2. The molecule has 0 saturated heterocycles. The van der Waals surface area contributed by atoms with Crippen LogP contribution < -0.4 is 10.6 Å². The largest absolute Gasteiger partial charge is 0.385 e. The molecule has 1 saturated carbocycles. The number of rotatable bonds is 3. The highest BCUT2D eigenvalue weighted by Crippen LogP contribution is 2.36. The van der Waals surface area contributed by atoms with Crippen molar-refractivity contribution in [1.82, 2.24) is 5.32 Å². The third-order valence-electron chi connectivity index (χ3n) is 4.79. The Morgan fingerprint density at radius 2 is 2.10 bits per heavy atom. The zero-order valence-electron chi connectivity index (χ0n) is 12.3. The van der Waals surface area contributed by atoms with E-state index in [0.717, 1.165) is 31.5 Å². The fourth-order valence-electron chi connectivity index (χ4n) is 3.42. The number of hydrogen-bond acceptors (Lipinski definition) is 2. The van der Waals surface area contributed by atoms with Gasteiger partial charge in [-0.2, -0.15) is 0 Å². The van der Waals surface area contributed by atoms with Gasteiger partial charge in [0.1, 0.15) is 0 Å². The zero-order chi connectivity index (χ0) is 14.0. The third kappa shape index (κ3) is 2.82. The summed E-state index contributed by atoms with van der Waals surface area (Å²) in [4.78, 5) is 12.3. The van der Waals surface area contributed by atoms with Crippen molar-refractivity contribution in [1.29, 1.82) is 0 Å². The van der Waals surface area contributed by atoms with E-state index in [2.05, 4.69) is 17.6 Å². The molecule has 0 radical (unpaired) electrons. The average molecular weight is 272 g/mol. The molecule has 108 valence electrons. The van der Waals surface area contributed by atoms with Crippen LogP contribution in [0.25, 0.3) is 0 Å². The van der Waals surface area contributed by atoms with Gasteiger partial charge in [0, 0.05) is 24.3 Å². The molecule has 2 aliphatic rings. The molecule has 3 nitrogen and oxygen atoms in total. The molecule has 1 aliphatic heterocycles. The Morgan fingerprint density at radius 3 is 2.90 bits per heavy atom. The summed E-state index contributed by atoms with van der Waals surface area (Å²) in [6.07, 6.45) is 7.30. The summed E-state index contributed by atoms with van der Waals surface area (Å²) in [5.41, 5.74) is 3.58. The maximum absolute atomic E-state index is 12.3. The van der Waals surface area contributed by atoms with Gasteiger partial charge in [-0.05, 0) is 54.9 Å². The summed E-state index contributed by atoms with van der Waals surface area (Å²) in [6.45, 7) is 4.13. The van der Waals surface area contributed by atoms with Gasteiger partial charge in [0.25, 0.3) is 5.91 Å². The minimum atomic E-state index is 0.0755. The number of nitrogens with one attached hydrogen (secondary N) is 2. The van der Waals surface area contributed by atoms with Crippen LogP contribution in [0.4, 0.5) is 5.69 Å². The molecule has 1 aliphatic carbocycles. The van der Waals surface area contributed by atoms with Crippen molar-refractivity contribution < 1.29 is 4.79 Å². The van der Waals surface area contributed by atoms with Crippen molar-refractivity contribution in [2.45, 2.75) is 45.4 Å². The van der Waals surface area contributed by atoms with E-state index in [1.54, 1.807) is 0 Å². The van der Waals surface area contributed by atoms with Crippen molar-refractivity contribution in [3.63, 3.8) is 0 Å². The van der Waals surface area contributed by atoms with Crippen molar-refractivity contribution in [3.8, 4) is 0 Å². The molecule has 3 heteroatoms. The second-order valence-corrected chi connectivity index (χ2v) is 6.60. The van der Waals surface area contributed by atoms with Crippen LogP contribution in [0.1, 0.15) is 54.9 Å². The fourth-order valence-corrected chi connectivity index (χ4v) is 3.42. The van der Waals surface area contributed by atoms with Gasteiger partial charge >= 0.3 is 0 Å². The first-order chi connectivity index (χ1) is 9.66. The van der Waals surface area contributed by atoms with E-state index in [1.807, 2.05) is 18.2 Å². The Balaban J connectivity index is 1.65. The number of amides is 1. The van der Waals surface area contributed by atoms with Gasteiger partial charge in [0.15, 0.2) is 0 Å². The molecule has 0 spiro atoms. The summed E-state index contributed by atoms with van der Waals surface area (Å²) in [5.74, 6) is 0.0755. The van der Waals surface area contributed by atoms with Crippen LogP contribution in [0.3, 0.4) is 0 Å². The molecule has 1 aromatic rings. The number of benzene rings is 1. The number of fused-ring (bicyclic) bond motifs is 1. The third-order valence-corrected chi connectivity index (χ3v) is 4.79. The molecule has 3 rings (SSSR count). The second kappa shape index (κ2) is 5.47. The Morgan fingerprint density at radius 1 is 1.30 bits per heavy atom. The minimum Gasteiger partial charge on any atom is -0.385 e. The molecule has 2 N–H and O–H groups in total. The van der Waals surface area contributed by atoms with E-state index in [9.17, 15) is 4.79 Å². The van der Waals surface area contributed by atoms with Crippen LogP contribution in [0.5, 0.6) is 0 Å². The molecule has 1 amide bonds. The standard InChI is InChI=1S/C17H24N2O/c1-17(8-2-3-9-17)12-19-16(20)14-6-7-15-13(11-14)5-4-10-18-15/h6-7,11,18H,2-5,8-10,12H2,1H3,(H,19,20). The second-order valence-electron chi connectivity index (χ2n) is 6.60. The van der Waals surface area contributed by atoms with Crippen LogP contribution in [0.2, 0.25) is 0 Å². The molecule has 1 aromatic carbocycles. The topological polar surface area (TPSA) is 41.1 Å². The first-order valence-electron chi connectivity index (χ1n) is 7.81. The lowest BCUT2D eigenvalue weighted by Crippen LogP contribution is -2.34. The smallest absolute Gasteiger partial charge is 0.251 e. The molecule has 20 heavy (non-hydrogen) atoms. The maximum atomic E-state index is 12.3. The lowest BCUT2D eigenvalue weighted by molar-refractivity contribution is 0.0934. The highest BCUT2D eigenvalue weighted by atomic mass is 16.1. The van der Waals surface area contributed by atoms with Gasteiger partial charge in [-0.3, -0.25) is 4.79 Å². The number of anilines is 1. The lowest BCUT2D eigenvalue weighted by atomic mass is 9.89. The van der Waals surface area contributed by atoms with Gasteiger partial charge in [0.05, 0.1) is 0 Å². The molecular weight excluding hydrogens is 248 g/mol. The average Bonchev–Trinajstić information content (AvgIpc) is 2.91. The fraction of sp³-hybridized carbons (Fsp3) is 0.588. The van der Waals surface area contributed by atoms with E-state index >= 15 is 0 Å². The van der Waals surface area contributed by atoms with E-state index in [0.29, 0.717) is 5.41 Å². The van der Waals surface area contributed by atoms with Crippen LogP contribution in [-0.4, -0.2) is 19.0 Å². The first-order valence-corrected chi connectivity index (χ1v) is 7.81. The quantitative estimate of drug-likeness (QED) is 0.886. The zero-order valence-corrected chi connectivity index (χ0v) is 12.3. The SMILES string of the molecule is CC1(CNC(=O)c2ccc3c(c2)CCCN3)CCCC1. The predicted octanol–water partition coefficient (Wildman–Crippen LogP) is 3.35. The van der Waals surface area contributed by atoms with Gasteiger partial charge in [-0.1, -0.05) is 19.8 Å². The Labute approximate surface area is 121 Å². The van der Waals surface area contributed by atoms with Crippen LogP contribution >= 0.6 is 0 Å². The van der Waals surface area contributed by atoms with E-state index in [1.165, 1.54) is 36.9 Å². The molecule has 1 heterocycles. The van der Waals surface area contributed by atoms with Crippen molar-refractivity contribution in [3.05, 3.63) is 29.3 Å². The summed E-state index contributed by atoms with van der Waals surface area (Å²) >= 11 is 0. The normalized spacial score (nSPS) is 20.1. The summed E-state index contributed by atoms with van der Waals surface area (Å²) in [5, 5.41) is 6.51. The Kier molecular flexibility index (Phi) is 3.68. The van der Waals surface area contributed by atoms with Gasteiger partial charge < -0.3 is 10.6 Å².